The van der Waals surface area contributed by atoms with E-state index in [1.807, 2.05) is 0 Å². The van der Waals surface area contributed by atoms with E-state index in [9.17, 15) is 24.3 Å². The van der Waals surface area contributed by atoms with Crippen LogP contribution >= 0.6 is 50.7 Å². The van der Waals surface area contributed by atoms with Gasteiger partial charge in [-0.2, -0.15) is 0 Å². The average molecular weight is 671 g/mol. The van der Waals surface area contributed by atoms with Crippen LogP contribution in [0, 0.1) is 0 Å². The Hall–Kier alpha value is -2.99. The van der Waals surface area contributed by atoms with Crippen molar-refractivity contribution >= 4 is 62.5 Å². The predicted molar refractivity (Wildman–Crippen MR) is 151 cm³/mol. The topological polar surface area (TPSA) is 116 Å². The molecule has 2 amide bonds. The summed E-state index contributed by atoms with van der Waals surface area (Å²) in [6.45, 7) is -0.00819. The molecule has 1 N–H and O–H groups in total. The smallest absolute Gasteiger partial charge is 0.352 e. The number of hydrogen-bond acceptors (Lipinski definition) is 6. The summed E-state index contributed by atoms with van der Waals surface area (Å²) < 4.78 is 8.88. The normalized spacial score (nSPS) is 27.2. The maximum absolute atomic E-state index is 13.8. The van der Waals surface area contributed by atoms with E-state index in [1.165, 1.54) is 28.6 Å². The van der Waals surface area contributed by atoms with Gasteiger partial charge in [-0.15, -0.1) is 23.2 Å². The van der Waals surface area contributed by atoms with Gasteiger partial charge in [-0.1, -0.05) is 51.8 Å². The zero-order chi connectivity index (χ0) is 28.7. The van der Waals surface area contributed by atoms with Crippen molar-refractivity contribution in [1.82, 2.24) is 18.8 Å². The lowest BCUT2D eigenvalue weighted by Gasteiger charge is -2.49. The van der Waals surface area contributed by atoms with Crippen molar-refractivity contribution in [3.05, 3.63) is 85.7 Å². The minimum Gasteiger partial charge on any atom is -0.503 e. The average Bonchev–Trinajstić information content (AvgIpc) is 3.28. The fourth-order valence-corrected chi connectivity index (χ4v) is 7.73. The third kappa shape index (κ3) is 3.35. The molecule has 10 nitrogen and oxygen atoms in total. The third-order valence-electron chi connectivity index (χ3n) is 7.90. The van der Waals surface area contributed by atoms with Crippen LogP contribution in [0.25, 0.3) is 5.69 Å². The summed E-state index contributed by atoms with van der Waals surface area (Å²) in [6.07, 6.45) is 1.48. The van der Waals surface area contributed by atoms with Crippen molar-refractivity contribution in [3.8, 4) is 17.2 Å². The SMILES string of the molecule is COc1cc([C@H]2C3=CCn4c(=O)n(-c5ccccc5)c(=O)n4[C@@H]3C[C@@]3(Cl)C(=O)N(CBr)C(=O)[C@@]23Cl)cc(Cl)c1O. The van der Waals surface area contributed by atoms with Gasteiger partial charge < -0.3 is 9.84 Å². The number of halogens is 4. The number of allylic oxidation sites excluding steroid dienone is 2. The number of carbonyl (C=O) groups is 2. The number of carbonyl (C=O) groups excluding carboxylic acids is 2. The molecule has 0 spiro atoms. The number of imide groups is 1. The second-order valence-corrected chi connectivity index (χ2v) is 11.9. The Balaban J connectivity index is 1.63. The van der Waals surface area contributed by atoms with Gasteiger partial charge in [0.05, 0.1) is 35.9 Å². The van der Waals surface area contributed by atoms with E-state index in [0.717, 1.165) is 9.47 Å². The van der Waals surface area contributed by atoms with Gasteiger partial charge in [0.25, 0.3) is 11.8 Å². The number of phenols is 1. The molecule has 6 rings (SSSR count). The van der Waals surface area contributed by atoms with E-state index in [1.54, 1.807) is 36.4 Å². The van der Waals surface area contributed by atoms with Crippen molar-refractivity contribution in [2.45, 2.75) is 34.7 Å². The van der Waals surface area contributed by atoms with Crippen LogP contribution < -0.4 is 16.1 Å². The van der Waals surface area contributed by atoms with Crippen LogP contribution in [0.4, 0.5) is 0 Å². The van der Waals surface area contributed by atoms with Crippen LogP contribution in [-0.4, -0.2) is 58.1 Å². The summed E-state index contributed by atoms with van der Waals surface area (Å²) in [5.74, 6) is -2.86. The Labute approximate surface area is 250 Å². The quantitative estimate of drug-likeness (QED) is 0.197. The summed E-state index contributed by atoms with van der Waals surface area (Å²) in [7, 11) is 1.34. The molecule has 0 radical (unpaired) electrons. The van der Waals surface area contributed by atoms with Gasteiger partial charge >= 0.3 is 11.4 Å². The number of para-hydroxylation sites is 1. The molecule has 14 heteroatoms. The Morgan fingerprint density at radius 3 is 2.42 bits per heavy atom. The van der Waals surface area contributed by atoms with Gasteiger partial charge in [-0.05, 0) is 35.4 Å². The molecule has 4 atom stereocenters. The van der Waals surface area contributed by atoms with Crippen molar-refractivity contribution in [1.29, 1.82) is 0 Å². The second kappa shape index (κ2) is 9.27. The number of rotatable bonds is 4. The van der Waals surface area contributed by atoms with Crippen molar-refractivity contribution < 1.29 is 19.4 Å². The lowest BCUT2D eigenvalue weighted by atomic mass is 9.64. The Kier molecular flexibility index (Phi) is 6.30. The number of ether oxygens (including phenoxy) is 1. The van der Waals surface area contributed by atoms with Crippen LogP contribution in [0.15, 0.2) is 63.7 Å². The molecule has 0 bridgehead atoms. The number of amides is 2. The van der Waals surface area contributed by atoms with Gasteiger partial charge in [0.15, 0.2) is 21.2 Å². The van der Waals surface area contributed by atoms with E-state index in [-0.39, 0.29) is 34.9 Å². The monoisotopic (exact) mass is 668 g/mol. The maximum atomic E-state index is 13.8. The number of phenolic OH excluding ortho intramolecular Hbond substituents is 1. The number of methoxy groups -OCH3 is 1. The molecule has 3 aliphatic rings. The molecule has 1 saturated carbocycles. The minimum atomic E-state index is -2.03. The maximum Gasteiger partial charge on any atom is 0.352 e. The van der Waals surface area contributed by atoms with Gasteiger partial charge in [0.1, 0.15) is 0 Å². The number of fused-ring (bicyclic) bond motifs is 4. The summed E-state index contributed by atoms with van der Waals surface area (Å²) in [4.78, 5) is 51.7. The summed E-state index contributed by atoms with van der Waals surface area (Å²) in [5, 5.41) is 10.3. The zero-order valence-corrected chi connectivity index (χ0v) is 24.5. The van der Waals surface area contributed by atoms with Crippen molar-refractivity contribution in [2.75, 3.05) is 12.6 Å². The molecule has 3 heterocycles. The van der Waals surface area contributed by atoms with Gasteiger partial charge in [-0.25, -0.2) is 23.5 Å². The first-order valence-corrected chi connectivity index (χ1v) is 14.3. The Morgan fingerprint density at radius 2 is 1.77 bits per heavy atom. The highest BCUT2D eigenvalue weighted by Gasteiger charge is 2.75. The van der Waals surface area contributed by atoms with Crippen LogP contribution in [-0.2, 0) is 16.1 Å². The van der Waals surface area contributed by atoms with Gasteiger partial charge in [-0.3, -0.25) is 14.5 Å². The van der Waals surface area contributed by atoms with Gasteiger partial charge in [0, 0.05) is 12.3 Å². The number of aromatic hydroxyl groups is 1. The highest BCUT2D eigenvalue weighted by Crippen LogP contribution is 2.64. The van der Waals surface area contributed by atoms with E-state index < -0.39 is 44.9 Å². The highest BCUT2D eigenvalue weighted by molar-refractivity contribution is 9.09. The fraction of sp³-hybridized carbons (Fsp3) is 0.308. The number of nitrogens with zero attached hydrogens (tertiary/aromatic N) is 4. The number of likely N-dealkylation sites (tertiary alicyclic amines) is 1. The first-order valence-electron chi connectivity index (χ1n) is 12.1. The zero-order valence-electron chi connectivity index (χ0n) is 20.7. The first-order chi connectivity index (χ1) is 19.0. The molecule has 0 unspecified atom stereocenters. The minimum absolute atomic E-state index is 0.00819. The number of alkyl halides is 3. The number of hydrogen-bond donors (Lipinski definition) is 1. The summed E-state index contributed by atoms with van der Waals surface area (Å²) >= 11 is 23.9. The molecular formula is C26H20BrCl3N4O6. The second-order valence-electron chi connectivity index (χ2n) is 9.74. The molecular weight excluding hydrogens is 651 g/mol. The van der Waals surface area contributed by atoms with E-state index >= 15 is 0 Å². The van der Waals surface area contributed by atoms with Gasteiger partial charge in [0.2, 0.25) is 0 Å². The molecule has 1 aliphatic carbocycles. The molecule has 3 aromatic rings. The predicted octanol–water partition coefficient (Wildman–Crippen LogP) is 3.51. The third-order valence-corrected chi connectivity index (χ3v) is 10.1. The Morgan fingerprint density at radius 1 is 1.07 bits per heavy atom. The Bertz CT molecular complexity index is 1750. The lowest BCUT2D eigenvalue weighted by molar-refractivity contribution is -0.138. The van der Waals surface area contributed by atoms with E-state index in [2.05, 4.69) is 15.9 Å². The molecule has 2 aliphatic heterocycles. The number of benzene rings is 2. The first kappa shape index (κ1) is 27.2. The summed E-state index contributed by atoms with van der Waals surface area (Å²) in [6, 6.07) is 10.4. The van der Waals surface area contributed by atoms with Crippen molar-refractivity contribution in [3.63, 3.8) is 0 Å². The van der Waals surface area contributed by atoms with E-state index in [4.69, 9.17) is 39.5 Å². The summed E-state index contributed by atoms with van der Waals surface area (Å²) in [5.41, 5.74) is -0.151. The molecule has 1 aromatic heterocycles. The van der Waals surface area contributed by atoms with Crippen LogP contribution in [0.2, 0.25) is 5.02 Å². The standard InChI is InChI=1S/C26H20BrCl3N4O6/c1-40-18-10-13(9-16(28)20(18)35)19-15-7-8-32-23(38)33(14-5-3-2-4-6-14)24(39)34(32)17(15)11-25(29)21(36)31(12-27)22(37)26(19,25)30/h2-7,9-10,17,19,35H,8,11-12H2,1H3/t17-,19+,25-,26+/m1/s1. The highest BCUT2D eigenvalue weighted by atomic mass is 79.9. The molecule has 2 aromatic carbocycles. The molecule has 40 heavy (non-hydrogen) atoms. The van der Waals surface area contributed by atoms with Crippen LogP contribution in [0.3, 0.4) is 0 Å². The van der Waals surface area contributed by atoms with Crippen LogP contribution in [0.5, 0.6) is 11.5 Å². The molecule has 208 valence electrons. The largest absolute Gasteiger partial charge is 0.503 e. The number of aromatic nitrogens is 3. The van der Waals surface area contributed by atoms with Crippen molar-refractivity contribution in [2.24, 2.45) is 0 Å². The molecule has 2 fully saturated rings. The fourth-order valence-electron chi connectivity index (χ4n) is 6.10. The van der Waals surface area contributed by atoms with E-state index in [0.29, 0.717) is 16.8 Å². The van der Waals surface area contributed by atoms with Crippen LogP contribution in [0.1, 0.15) is 23.9 Å². The lowest BCUT2D eigenvalue weighted by Crippen LogP contribution is -2.59. The molecule has 1 saturated heterocycles.